The van der Waals surface area contributed by atoms with E-state index in [4.69, 9.17) is 28.4 Å². The number of carbonyl (C=O) groups excluding carboxylic acids is 6. The molecule has 0 spiro atoms. The predicted molar refractivity (Wildman–Crippen MR) is 209 cm³/mol. The van der Waals surface area contributed by atoms with Gasteiger partial charge in [-0.15, -0.1) is 0 Å². The van der Waals surface area contributed by atoms with E-state index in [2.05, 4.69) is 33.8 Å². The summed E-state index contributed by atoms with van der Waals surface area (Å²) in [7, 11) is 0. The van der Waals surface area contributed by atoms with Crippen LogP contribution in [0, 0.1) is 56.2 Å². The van der Waals surface area contributed by atoms with Crippen molar-refractivity contribution >= 4 is 35.8 Å². The van der Waals surface area contributed by atoms with Crippen LogP contribution in [-0.4, -0.2) is 73.4 Å². The van der Waals surface area contributed by atoms with Gasteiger partial charge in [0, 0.05) is 45.4 Å². The second-order valence-corrected chi connectivity index (χ2v) is 19.9. The lowest BCUT2D eigenvalue weighted by Crippen LogP contribution is -2.73. The number of allylic oxidation sites excluding steroid dienone is 2. The molecular formula is C45H68O12. The summed E-state index contributed by atoms with van der Waals surface area (Å²) in [6.07, 6.45) is 4.18. The van der Waals surface area contributed by atoms with E-state index in [1.807, 2.05) is 20.8 Å². The monoisotopic (exact) mass is 800 g/mol. The van der Waals surface area contributed by atoms with E-state index in [1.165, 1.54) is 34.6 Å². The van der Waals surface area contributed by atoms with E-state index in [0.717, 1.165) is 31.3 Å². The Labute approximate surface area is 339 Å². The summed E-state index contributed by atoms with van der Waals surface area (Å²) in [5, 5.41) is 0. The van der Waals surface area contributed by atoms with Crippen molar-refractivity contribution < 1.29 is 57.2 Å². The normalized spacial score (nSPS) is 40.9. The number of hydrogen-bond acceptors (Lipinski definition) is 12. The number of carbonyl (C=O) groups is 6. The van der Waals surface area contributed by atoms with Crippen LogP contribution in [-0.2, 0) is 57.2 Å². The topological polar surface area (TPSA) is 158 Å². The molecule has 0 saturated heterocycles. The van der Waals surface area contributed by atoms with Crippen LogP contribution in [0.1, 0.15) is 141 Å². The second-order valence-electron chi connectivity index (χ2n) is 19.9. The molecule has 12 heteroatoms. The maximum absolute atomic E-state index is 13.6. The highest BCUT2D eigenvalue weighted by Gasteiger charge is 2.75. The lowest BCUT2D eigenvalue weighted by Gasteiger charge is -2.72. The Morgan fingerprint density at radius 3 is 1.82 bits per heavy atom. The molecule has 0 amide bonds. The van der Waals surface area contributed by atoms with Gasteiger partial charge >= 0.3 is 35.8 Å². The summed E-state index contributed by atoms with van der Waals surface area (Å²) >= 11 is 0. The van der Waals surface area contributed by atoms with E-state index in [9.17, 15) is 28.8 Å². The van der Waals surface area contributed by atoms with E-state index >= 15 is 0 Å². The molecule has 4 fully saturated rings. The first kappa shape index (κ1) is 44.7. The lowest BCUT2D eigenvalue weighted by atomic mass is 9.33. The molecule has 0 aliphatic heterocycles. The van der Waals surface area contributed by atoms with Crippen molar-refractivity contribution in [2.45, 2.75) is 166 Å². The molecule has 5 aliphatic carbocycles. The van der Waals surface area contributed by atoms with Crippen molar-refractivity contribution in [3.05, 3.63) is 11.6 Å². The van der Waals surface area contributed by atoms with Crippen molar-refractivity contribution in [3.8, 4) is 0 Å². The zero-order valence-electron chi connectivity index (χ0n) is 36.7. The Kier molecular flexibility index (Phi) is 12.2. The van der Waals surface area contributed by atoms with Gasteiger partial charge in [0.1, 0.15) is 31.5 Å². The Hall–Kier alpha value is -3.44. The van der Waals surface area contributed by atoms with Crippen molar-refractivity contribution in [2.24, 2.45) is 56.2 Å². The largest absolute Gasteiger partial charge is 0.465 e. The third kappa shape index (κ3) is 7.42. The maximum atomic E-state index is 13.6. The van der Waals surface area contributed by atoms with Crippen LogP contribution >= 0.6 is 0 Å². The van der Waals surface area contributed by atoms with Gasteiger partial charge in [0.2, 0.25) is 0 Å². The fraction of sp³-hybridized carbons (Fsp3) is 0.822. The summed E-state index contributed by atoms with van der Waals surface area (Å²) in [5.74, 6) is -3.37. The number of hydrogen-bond donors (Lipinski definition) is 0. The van der Waals surface area contributed by atoms with Crippen molar-refractivity contribution in [3.63, 3.8) is 0 Å². The van der Waals surface area contributed by atoms with Gasteiger partial charge in [0.05, 0.1) is 11.3 Å². The molecule has 5 rings (SSSR count). The highest BCUT2D eigenvalue weighted by Crippen LogP contribution is 2.76. The van der Waals surface area contributed by atoms with Crippen LogP contribution in [0.2, 0.25) is 0 Å². The first-order valence-corrected chi connectivity index (χ1v) is 21.0. The third-order valence-electron chi connectivity index (χ3n) is 16.1. The Morgan fingerprint density at radius 2 is 1.26 bits per heavy atom. The highest BCUT2D eigenvalue weighted by molar-refractivity contribution is 5.73. The van der Waals surface area contributed by atoms with Gasteiger partial charge in [-0.25, -0.2) is 0 Å². The zero-order valence-corrected chi connectivity index (χ0v) is 36.7. The number of esters is 6. The minimum absolute atomic E-state index is 0.0675. The van der Waals surface area contributed by atoms with Crippen LogP contribution in [0.5, 0.6) is 0 Å². The first-order valence-electron chi connectivity index (χ1n) is 21.0. The van der Waals surface area contributed by atoms with E-state index in [1.54, 1.807) is 6.92 Å². The minimum atomic E-state index is -1.28. The van der Waals surface area contributed by atoms with Gasteiger partial charge in [-0.2, -0.15) is 0 Å². The average molecular weight is 801 g/mol. The molecule has 0 aromatic heterocycles. The molecule has 4 saturated carbocycles. The lowest BCUT2D eigenvalue weighted by molar-refractivity contribution is -0.272. The van der Waals surface area contributed by atoms with Crippen LogP contribution < -0.4 is 0 Å². The summed E-state index contributed by atoms with van der Waals surface area (Å²) in [5.41, 5.74) is -2.56. The predicted octanol–water partition coefficient (Wildman–Crippen LogP) is 7.48. The molecule has 12 nitrogen and oxygen atoms in total. The van der Waals surface area contributed by atoms with E-state index in [0.29, 0.717) is 25.7 Å². The van der Waals surface area contributed by atoms with Gasteiger partial charge in [-0.1, -0.05) is 67.0 Å². The molecule has 0 N–H and O–H groups in total. The first-order chi connectivity index (χ1) is 26.3. The highest BCUT2D eigenvalue weighted by atomic mass is 16.6. The Balaban J connectivity index is 1.71. The molecule has 320 valence electrons. The molecule has 0 aromatic rings. The molecule has 13 unspecified atom stereocenters. The van der Waals surface area contributed by atoms with Crippen LogP contribution in [0.25, 0.3) is 0 Å². The van der Waals surface area contributed by atoms with E-state index in [-0.39, 0.29) is 47.8 Å². The Bertz CT molecular complexity index is 1670. The zero-order chi connectivity index (χ0) is 42.7. The average Bonchev–Trinajstić information content (AvgIpc) is 3.09. The molecule has 57 heavy (non-hydrogen) atoms. The maximum Gasteiger partial charge on any atom is 0.309 e. The fourth-order valence-corrected chi connectivity index (χ4v) is 13.0. The van der Waals surface area contributed by atoms with Crippen LogP contribution in [0.15, 0.2) is 11.6 Å². The standard InChI is InChI=1S/C45H68O12/c1-14-25(2)39(51)57-37-38(56-30(7)50)45(24-53-27(4)47)32(21-40(37,8)9)31-15-16-34-41(10)19-18-35(54-28(5)48)42(11,23-52-26(3)46)33(41)17-20-43(34,12)44(31,13)22-36(45)55-29(6)49/h15,25,32-38H,14,16-24H2,1-13H3. The van der Waals surface area contributed by atoms with Crippen molar-refractivity contribution in [1.29, 1.82) is 0 Å². The van der Waals surface area contributed by atoms with Gasteiger partial charge < -0.3 is 28.4 Å². The summed E-state index contributed by atoms with van der Waals surface area (Å²) < 4.78 is 36.7. The molecule has 0 radical (unpaired) electrons. The summed E-state index contributed by atoms with van der Waals surface area (Å²) in [4.78, 5) is 77.3. The summed E-state index contributed by atoms with van der Waals surface area (Å²) in [6, 6.07) is 0. The van der Waals surface area contributed by atoms with Crippen molar-refractivity contribution in [1.82, 2.24) is 0 Å². The molecule has 5 aliphatic rings. The molecular weight excluding hydrogens is 732 g/mol. The van der Waals surface area contributed by atoms with E-state index < -0.39 is 81.8 Å². The van der Waals surface area contributed by atoms with Crippen LogP contribution in [0.4, 0.5) is 0 Å². The second kappa shape index (κ2) is 15.6. The molecule has 0 heterocycles. The summed E-state index contributed by atoms with van der Waals surface area (Å²) in [6.45, 7) is 23.6. The number of ether oxygens (including phenoxy) is 6. The Morgan fingerprint density at radius 1 is 0.684 bits per heavy atom. The SMILES string of the molecule is CCC(C)C(=O)OC1C(OC(C)=O)C2(COC(C)=O)C(OC(C)=O)CC3(C)C(=CCC4C5(C)CCC(OC(C)=O)C(C)(COC(C)=O)C5CCC43C)C2CC1(C)C. The number of rotatable bonds is 10. The van der Waals surface area contributed by atoms with Gasteiger partial charge in [-0.3, -0.25) is 28.8 Å². The van der Waals surface area contributed by atoms with Crippen molar-refractivity contribution in [2.75, 3.05) is 13.2 Å². The molecule has 0 aromatic carbocycles. The van der Waals surface area contributed by atoms with Gasteiger partial charge in [0.15, 0.2) is 6.10 Å². The number of fused-ring (bicyclic) bond motifs is 7. The fourth-order valence-electron chi connectivity index (χ4n) is 13.0. The molecule has 13 atom stereocenters. The quantitative estimate of drug-likeness (QED) is 0.122. The van der Waals surface area contributed by atoms with Crippen LogP contribution in [0.3, 0.4) is 0 Å². The smallest absolute Gasteiger partial charge is 0.309 e. The molecule has 0 bridgehead atoms. The van der Waals surface area contributed by atoms with Gasteiger partial charge in [0.25, 0.3) is 0 Å². The minimum Gasteiger partial charge on any atom is -0.465 e. The third-order valence-corrected chi connectivity index (χ3v) is 16.1. The van der Waals surface area contributed by atoms with Gasteiger partial charge in [-0.05, 0) is 85.4 Å².